The van der Waals surface area contributed by atoms with Crippen molar-refractivity contribution >= 4 is 23.7 Å². The molecule has 0 heterocycles. The molecule has 1 aromatic carbocycles. The predicted octanol–water partition coefficient (Wildman–Crippen LogP) is 3.00. The molecule has 7 heteroatoms. The van der Waals surface area contributed by atoms with E-state index in [4.69, 9.17) is 21.4 Å². The number of benzene rings is 1. The highest BCUT2D eigenvalue weighted by atomic mass is 35.5. The van der Waals surface area contributed by atoms with Crippen molar-refractivity contribution in [2.45, 2.75) is 38.8 Å². The molecule has 1 aromatic rings. The number of hydrogen-bond acceptors (Lipinski definition) is 3. The number of aliphatic carboxylic acids is 1. The summed E-state index contributed by atoms with van der Waals surface area (Å²) in [5, 5.41) is 11.3. The second-order valence-electron chi connectivity index (χ2n) is 5.49. The first-order chi connectivity index (χ1) is 9.58. The normalized spacial score (nSPS) is 12.6. The van der Waals surface area contributed by atoms with E-state index in [1.54, 1.807) is 20.8 Å². The Bertz CT molecular complexity index is 542. The Morgan fingerprint density at radius 1 is 1.43 bits per heavy atom. The van der Waals surface area contributed by atoms with Crippen molar-refractivity contribution in [2.24, 2.45) is 0 Å². The molecule has 0 fully saturated rings. The van der Waals surface area contributed by atoms with Crippen molar-refractivity contribution in [3.8, 4) is 0 Å². The van der Waals surface area contributed by atoms with Crippen molar-refractivity contribution in [3.05, 3.63) is 34.6 Å². The van der Waals surface area contributed by atoms with Gasteiger partial charge in [0.05, 0.1) is 5.02 Å². The van der Waals surface area contributed by atoms with E-state index in [0.717, 1.165) is 6.07 Å². The SMILES string of the molecule is CC(C)(C)OC(=O)NC(Cc1ccc(F)c(Cl)c1)C(=O)O. The molecule has 0 aliphatic heterocycles. The zero-order valence-electron chi connectivity index (χ0n) is 11.9. The van der Waals surface area contributed by atoms with Gasteiger partial charge in [0, 0.05) is 6.42 Å². The number of amides is 1. The number of nitrogens with one attached hydrogen (secondary N) is 1. The number of carbonyl (C=O) groups is 2. The molecule has 1 amide bonds. The minimum atomic E-state index is -1.22. The van der Waals surface area contributed by atoms with Gasteiger partial charge in [0.1, 0.15) is 17.5 Å². The van der Waals surface area contributed by atoms with Crippen LogP contribution in [0.25, 0.3) is 0 Å². The van der Waals surface area contributed by atoms with Gasteiger partial charge in [-0.1, -0.05) is 17.7 Å². The average Bonchev–Trinajstić information content (AvgIpc) is 2.30. The third kappa shape index (κ3) is 5.99. The second-order valence-corrected chi connectivity index (χ2v) is 5.90. The van der Waals surface area contributed by atoms with Crippen molar-refractivity contribution in [2.75, 3.05) is 0 Å². The number of carboxylic acids is 1. The molecule has 0 spiro atoms. The lowest BCUT2D eigenvalue weighted by molar-refractivity contribution is -0.139. The molecule has 0 radical (unpaired) electrons. The Hall–Kier alpha value is -1.82. The molecule has 0 aliphatic rings. The van der Waals surface area contributed by atoms with Crippen LogP contribution in [0.4, 0.5) is 9.18 Å². The average molecular weight is 318 g/mol. The number of carboxylic acid groups (broad SMARTS) is 1. The molecule has 116 valence electrons. The van der Waals surface area contributed by atoms with Crippen LogP contribution in [0, 0.1) is 5.82 Å². The summed E-state index contributed by atoms with van der Waals surface area (Å²) in [4.78, 5) is 22.8. The number of ether oxygens (including phenoxy) is 1. The highest BCUT2D eigenvalue weighted by Gasteiger charge is 2.24. The molecule has 1 atom stereocenters. The Balaban J connectivity index is 2.76. The number of rotatable bonds is 4. The van der Waals surface area contributed by atoms with Crippen LogP contribution in [-0.2, 0) is 16.0 Å². The smallest absolute Gasteiger partial charge is 0.408 e. The fraction of sp³-hybridized carbons (Fsp3) is 0.429. The molecule has 0 saturated carbocycles. The number of alkyl carbamates (subject to hydrolysis) is 1. The predicted molar refractivity (Wildman–Crippen MR) is 75.9 cm³/mol. The maximum atomic E-state index is 13.1. The maximum absolute atomic E-state index is 13.1. The summed E-state index contributed by atoms with van der Waals surface area (Å²) < 4.78 is 18.1. The molecule has 2 N–H and O–H groups in total. The van der Waals surface area contributed by atoms with Crippen LogP contribution >= 0.6 is 11.6 Å². The van der Waals surface area contributed by atoms with Gasteiger partial charge in [0.15, 0.2) is 0 Å². The Morgan fingerprint density at radius 2 is 2.05 bits per heavy atom. The van der Waals surface area contributed by atoms with E-state index >= 15 is 0 Å². The van der Waals surface area contributed by atoms with Crippen LogP contribution in [0.1, 0.15) is 26.3 Å². The largest absolute Gasteiger partial charge is 0.480 e. The van der Waals surface area contributed by atoms with Crippen molar-refractivity contribution < 1.29 is 23.8 Å². The van der Waals surface area contributed by atoms with Crippen LogP contribution in [0.15, 0.2) is 18.2 Å². The summed E-state index contributed by atoms with van der Waals surface area (Å²) >= 11 is 5.64. The maximum Gasteiger partial charge on any atom is 0.408 e. The highest BCUT2D eigenvalue weighted by Crippen LogP contribution is 2.17. The van der Waals surface area contributed by atoms with Gasteiger partial charge in [0.2, 0.25) is 0 Å². The Kier molecular flexibility index (Phi) is 5.54. The molecule has 0 saturated heterocycles. The van der Waals surface area contributed by atoms with E-state index in [9.17, 15) is 14.0 Å². The Morgan fingerprint density at radius 3 is 2.52 bits per heavy atom. The van der Waals surface area contributed by atoms with E-state index in [1.165, 1.54) is 12.1 Å². The van der Waals surface area contributed by atoms with E-state index in [0.29, 0.717) is 5.56 Å². The van der Waals surface area contributed by atoms with Crippen LogP contribution in [0.3, 0.4) is 0 Å². The number of halogens is 2. The zero-order valence-corrected chi connectivity index (χ0v) is 12.7. The second kappa shape index (κ2) is 6.76. The molecule has 0 aromatic heterocycles. The molecular formula is C14H17ClFNO4. The van der Waals surface area contributed by atoms with Gasteiger partial charge in [-0.15, -0.1) is 0 Å². The minimum absolute atomic E-state index is 0.0332. The number of hydrogen-bond donors (Lipinski definition) is 2. The molecule has 0 bridgehead atoms. The first-order valence-corrected chi connectivity index (χ1v) is 6.62. The van der Waals surface area contributed by atoms with E-state index in [2.05, 4.69) is 5.32 Å². The standard InChI is InChI=1S/C14H17ClFNO4/c1-14(2,3)21-13(20)17-11(12(18)19)7-8-4-5-10(16)9(15)6-8/h4-6,11H,7H2,1-3H3,(H,17,20)(H,18,19). The van der Waals surface area contributed by atoms with E-state index in [-0.39, 0.29) is 11.4 Å². The van der Waals surface area contributed by atoms with Gasteiger partial charge in [-0.2, -0.15) is 0 Å². The molecule has 21 heavy (non-hydrogen) atoms. The third-order valence-electron chi connectivity index (χ3n) is 2.41. The summed E-state index contributed by atoms with van der Waals surface area (Å²) in [6, 6.07) is 2.68. The monoisotopic (exact) mass is 317 g/mol. The molecule has 1 unspecified atom stereocenters. The minimum Gasteiger partial charge on any atom is -0.480 e. The van der Waals surface area contributed by atoms with E-state index in [1.807, 2.05) is 0 Å². The van der Waals surface area contributed by atoms with Crippen LogP contribution in [-0.4, -0.2) is 28.8 Å². The first-order valence-electron chi connectivity index (χ1n) is 6.25. The lowest BCUT2D eigenvalue weighted by Gasteiger charge is -2.22. The summed E-state index contributed by atoms with van der Waals surface area (Å²) in [7, 11) is 0. The van der Waals surface area contributed by atoms with Crippen molar-refractivity contribution in [1.29, 1.82) is 0 Å². The van der Waals surface area contributed by atoms with Gasteiger partial charge in [-0.3, -0.25) is 0 Å². The van der Waals surface area contributed by atoms with Crippen molar-refractivity contribution in [3.63, 3.8) is 0 Å². The fourth-order valence-corrected chi connectivity index (χ4v) is 1.76. The summed E-state index contributed by atoms with van der Waals surface area (Å²) in [6.07, 6.45) is -0.864. The van der Waals surface area contributed by atoms with Gasteiger partial charge in [0.25, 0.3) is 0 Å². The highest BCUT2D eigenvalue weighted by molar-refractivity contribution is 6.30. The molecule has 5 nitrogen and oxygen atoms in total. The van der Waals surface area contributed by atoms with Crippen LogP contribution in [0.2, 0.25) is 5.02 Å². The van der Waals surface area contributed by atoms with Gasteiger partial charge in [-0.05, 0) is 38.5 Å². The van der Waals surface area contributed by atoms with Gasteiger partial charge in [-0.25, -0.2) is 14.0 Å². The summed E-state index contributed by atoms with van der Waals surface area (Å²) in [5.74, 6) is -1.81. The molecular weight excluding hydrogens is 301 g/mol. The first kappa shape index (κ1) is 17.2. The van der Waals surface area contributed by atoms with Gasteiger partial charge < -0.3 is 15.2 Å². The quantitative estimate of drug-likeness (QED) is 0.895. The van der Waals surface area contributed by atoms with Crippen molar-refractivity contribution in [1.82, 2.24) is 5.32 Å². The van der Waals surface area contributed by atoms with Crippen LogP contribution in [0.5, 0.6) is 0 Å². The van der Waals surface area contributed by atoms with Crippen LogP contribution < -0.4 is 5.32 Å². The number of carbonyl (C=O) groups excluding carboxylic acids is 1. The third-order valence-corrected chi connectivity index (χ3v) is 2.70. The topological polar surface area (TPSA) is 75.6 Å². The lowest BCUT2D eigenvalue weighted by Crippen LogP contribution is -2.44. The van der Waals surface area contributed by atoms with Gasteiger partial charge >= 0.3 is 12.1 Å². The van der Waals surface area contributed by atoms with E-state index < -0.39 is 29.5 Å². The zero-order chi connectivity index (χ0) is 16.2. The summed E-state index contributed by atoms with van der Waals surface area (Å²) in [6.45, 7) is 5.01. The summed E-state index contributed by atoms with van der Waals surface area (Å²) in [5.41, 5.74) is -0.239. The lowest BCUT2D eigenvalue weighted by atomic mass is 10.1. The molecule has 1 rings (SSSR count). The Labute approximate surface area is 127 Å². The molecule has 0 aliphatic carbocycles. The fourth-order valence-electron chi connectivity index (χ4n) is 1.55.